The monoisotopic (exact) mass is 388 g/mol. The second-order valence-electron chi connectivity index (χ2n) is 6.36. The Balaban J connectivity index is 1.78. The zero-order valence-corrected chi connectivity index (χ0v) is 17.2. The lowest BCUT2D eigenvalue weighted by Gasteiger charge is -2.14. The molecule has 0 fully saturated rings. The number of benzene rings is 2. The molecule has 0 atom stereocenters. The highest BCUT2D eigenvalue weighted by atomic mass is 32.1. The van der Waals surface area contributed by atoms with E-state index in [2.05, 4.69) is 22.8 Å². The smallest absolute Gasteiger partial charge is 0.170 e. The summed E-state index contributed by atoms with van der Waals surface area (Å²) in [4.78, 5) is 0. The number of ether oxygens (including phenoxy) is 3. The minimum atomic E-state index is 0.181. The van der Waals surface area contributed by atoms with Crippen molar-refractivity contribution < 1.29 is 14.2 Å². The fourth-order valence-corrected chi connectivity index (χ4v) is 2.82. The van der Waals surface area contributed by atoms with Crippen LogP contribution < -0.4 is 24.8 Å². The van der Waals surface area contributed by atoms with Crippen LogP contribution in [0.25, 0.3) is 0 Å². The van der Waals surface area contributed by atoms with Gasteiger partial charge in [-0.1, -0.05) is 12.1 Å². The highest BCUT2D eigenvalue weighted by Gasteiger charge is 2.06. The van der Waals surface area contributed by atoms with Gasteiger partial charge >= 0.3 is 0 Å². The molecule has 2 aromatic rings. The predicted molar refractivity (Wildman–Crippen MR) is 114 cm³/mol. The normalized spacial score (nSPS) is 10.4. The summed E-state index contributed by atoms with van der Waals surface area (Å²) < 4.78 is 16.3. The van der Waals surface area contributed by atoms with Gasteiger partial charge in [0.2, 0.25) is 0 Å². The first-order valence-corrected chi connectivity index (χ1v) is 9.45. The van der Waals surface area contributed by atoms with E-state index in [0.717, 1.165) is 36.6 Å². The lowest BCUT2D eigenvalue weighted by Crippen LogP contribution is -2.29. The minimum Gasteiger partial charge on any atom is -0.497 e. The quantitative estimate of drug-likeness (QED) is 0.490. The van der Waals surface area contributed by atoms with Gasteiger partial charge in [0.25, 0.3) is 0 Å². The Kier molecular flexibility index (Phi) is 8.20. The maximum atomic E-state index is 5.74. The molecule has 0 radical (unpaired) electrons. The Bertz CT molecular complexity index is 750. The molecule has 0 unspecified atom stereocenters. The number of anilines is 1. The zero-order valence-electron chi connectivity index (χ0n) is 16.4. The van der Waals surface area contributed by atoms with Crippen LogP contribution in [0.4, 0.5) is 5.69 Å². The van der Waals surface area contributed by atoms with E-state index in [-0.39, 0.29) is 6.10 Å². The molecule has 0 aliphatic heterocycles. The molecule has 2 rings (SSSR count). The Morgan fingerprint density at radius 3 is 2.56 bits per heavy atom. The Hall–Kier alpha value is -2.47. The standard InChI is InChI=1S/C21H28N2O3S/c1-15(2)26-18-9-5-7-16(13-18)8-6-12-22-21(27)23-19-11-10-17(24-3)14-20(19)25-4/h5,7,9-11,13-15H,6,8,12H2,1-4H3,(H2,22,23,27). The van der Waals surface area contributed by atoms with E-state index < -0.39 is 0 Å². The van der Waals surface area contributed by atoms with Crippen LogP contribution in [0.3, 0.4) is 0 Å². The Morgan fingerprint density at radius 2 is 1.85 bits per heavy atom. The summed E-state index contributed by atoms with van der Waals surface area (Å²) in [6.07, 6.45) is 2.10. The summed E-state index contributed by atoms with van der Waals surface area (Å²) >= 11 is 5.37. The summed E-state index contributed by atoms with van der Waals surface area (Å²) in [5.41, 5.74) is 2.06. The lowest BCUT2D eigenvalue weighted by molar-refractivity contribution is 0.242. The van der Waals surface area contributed by atoms with Crippen molar-refractivity contribution in [2.45, 2.75) is 32.8 Å². The van der Waals surface area contributed by atoms with E-state index in [1.165, 1.54) is 5.56 Å². The third-order valence-corrected chi connectivity index (χ3v) is 4.10. The van der Waals surface area contributed by atoms with Crippen molar-refractivity contribution in [1.29, 1.82) is 0 Å². The second-order valence-corrected chi connectivity index (χ2v) is 6.77. The molecule has 27 heavy (non-hydrogen) atoms. The van der Waals surface area contributed by atoms with Gasteiger partial charge in [-0.05, 0) is 68.7 Å². The fourth-order valence-electron chi connectivity index (χ4n) is 2.61. The van der Waals surface area contributed by atoms with Crippen molar-refractivity contribution in [2.75, 3.05) is 26.1 Å². The zero-order chi connectivity index (χ0) is 19.6. The molecule has 2 aromatic carbocycles. The van der Waals surface area contributed by atoms with Gasteiger partial charge < -0.3 is 24.8 Å². The summed E-state index contributed by atoms with van der Waals surface area (Å²) in [5, 5.41) is 6.96. The average molecular weight is 389 g/mol. The molecule has 0 saturated carbocycles. The van der Waals surface area contributed by atoms with Gasteiger partial charge in [-0.2, -0.15) is 0 Å². The maximum Gasteiger partial charge on any atom is 0.170 e. The van der Waals surface area contributed by atoms with E-state index >= 15 is 0 Å². The number of hydrogen-bond donors (Lipinski definition) is 2. The summed E-state index contributed by atoms with van der Waals surface area (Å²) in [5.74, 6) is 2.33. The summed E-state index contributed by atoms with van der Waals surface area (Å²) in [7, 11) is 3.24. The Labute approximate surface area is 167 Å². The number of aryl methyl sites for hydroxylation is 1. The highest BCUT2D eigenvalue weighted by molar-refractivity contribution is 7.80. The van der Waals surface area contributed by atoms with Crippen molar-refractivity contribution in [2.24, 2.45) is 0 Å². The SMILES string of the molecule is COc1ccc(NC(=S)NCCCc2cccc(OC(C)C)c2)c(OC)c1. The Morgan fingerprint density at radius 1 is 1.04 bits per heavy atom. The van der Waals surface area contributed by atoms with Crippen LogP contribution >= 0.6 is 12.2 Å². The van der Waals surface area contributed by atoms with E-state index in [9.17, 15) is 0 Å². The number of thiocarbonyl (C=S) groups is 1. The van der Waals surface area contributed by atoms with Gasteiger partial charge in [0.15, 0.2) is 5.11 Å². The number of methoxy groups -OCH3 is 2. The highest BCUT2D eigenvalue weighted by Crippen LogP contribution is 2.28. The van der Waals surface area contributed by atoms with Crippen LogP contribution in [-0.2, 0) is 6.42 Å². The molecule has 0 amide bonds. The maximum absolute atomic E-state index is 5.74. The summed E-state index contributed by atoms with van der Waals surface area (Å²) in [6.45, 7) is 4.84. The molecule has 0 aromatic heterocycles. The van der Waals surface area contributed by atoms with Gasteiger partial charge in [-0.25, -0.2) is 0 Å². The lowest BCUT2D eigenvalue weighted by atomic mass is 10.1. The first-order valence-electron chi connectivity index (χ1n) is 9.04. The van der Waals surface area contributed by atoms with Crippen LogP contribution in [0.2, 0.25) is 0 Å². The molecule has 5 nitrogen and oxygen atoms in total. The molecule has 0 aliphatic carbocycles. The summed E-state index contributed by atoms with van der Waals surface area (Å²) in [6, 6.07) is 13.8. The molecular weight excluding hydrogens is 360 g/mol. The number of rotatable bonds is 9. The van der Waals surface area contributed by atoms with Crippen molar-refractivity contribution in [3.05, 3.63) is 48.0 Å². The van der Waals surface area contributed by atoms with Crippen molar-refractivity contribution in [3.63, 3.8) is 0 Å². The van der Waals surface area contributed by atoms with Crippen molar-refractivity contribution >= 4 is 23.0 Å². The van der Waals surface area contributed by atoms with Gasteiger partial charge in [0, 0.05) is 12.6 Å². The van der Waals surface area contributed by atoms with Gasteiger partial charge in [0.1, 0.15) is 17.2 Å². The third-order valence-electron chi connectivity index (χ3n) is 3.85. The molecule has 6 heteroatoms. The first-order chi connectivity index (χ1) is 13.0. The van der Waals surface area contributed by atoms with E-state index in [1.54, 1.807) is 14.2 Å². The van der Waals surface area contributed by atoms with Gasteiger partial charge in [0.05, 0.1) is 26.0 Å². The topological polar surface area (TPSA) is 51.8 Å². The fraction of sp³-hybridized carbons (Fsp3) is 0.381. The third kappa shape index (κ3) is 6.98. The molecule has 2 N–H and O–H groups in total. The second kappa shape index (κ2) is 10.6. The number of hydrogen-bond acceptors (Lipinski definition) is 4. The van der Waals surface area contributed by atoms with E-state index in [1.807, 2.05) is 44.2 Å². The molecular formula is C21H28N2O3S. The first kappa shape index (κ1) is 20.8. The van der Waals surface area contributed by atoms with Crippen LogP contribution in [-0.4, -0.2) is 32.0 Å². The molecule has 0 spiro atoms. The molecule has 146 valence electrons. The van der Waals surface area contributed by atoms with Gasteiger partial charge in [-0.15, -0.1) is 0 Å². The van der Waals surface area contributed by atoms with Crippen LogP contribution in [0, 0.1) is 0 Å². The minimum absolute atomic E-state index is 0.181. The van der Waals surface area contributed by atoms with Crippen LogP contribution in [0.15, 0.2) is 42.5 Å². The van der Waals surface area contributed by atoms with Crippen molar-refractivity contribution in [1.82, 2.24) is 5.32 Å². The van der Waals surface area contributed by atoms with Crippen LogP contribution in [0.5, 0.6) is 17.2 Å². The number of nitrogens with one attached hydrogen (secondary N) is 2. The largest absolute Gasteiger partial charge is 0.497 e. The van der Waals surface area contributed by atoms with Crippen LogP contribution in [0.1, 0.15) is 25.8 Å². The molecule has 0 bridgehead atoms. The van der Waals surface area contributed by atoms with E-state index in [4.69, 9.17) is 26.4 Å². The molecule has 0 heterocycles. The van der Waals surface area contributed by atoms with E-state index in [0.29, 0.717) is 10.9 Å². The molecule has 0 saturated heterocycles. The van der Waals surface area contributed by atoms with Gasteiger partial charge in [-0.3, -0.25) is 0 Å². The van der Waals surface area contributed by atoms with Crippen molar-refractivity contribution in [3.8, 4) is 17.2 Å². The average Bonchev–Trinajstić information content (AvgIpc) is 2.65. The molecule has 0 aliphatic rings. The predicted octanol–water partition coefficient (Wildman–Crippen LogP) is 4.41.